The van der Waals surface area contributed by atoms with E-state index in [1.54, 1.807) is 32.8 Å². The summed E-state index contributed by atoms with van der Waals surface area (Å²) in [6.07, 6.45) is 0. The molecule has 0 bridgehead atoms. The monoisotopic (exact) mass is 403 g/mol. The summed E-state index contributed by atoms with van der Waals surface area (Å²) in [7, 11) is 5.09. The first-order valence-corrected chi connectivity index (χ1v) is 9.60. The molecule has 0 saturated carbocycles. The second-order valence-corrected chi connectivity index (χ2v) is 7.69. The molecule has 2 amide bonds. The zero-order valence-corrected chi connectivity index (χ0v) is 17.2. The van der Waals surface area contributed by atoms with Gasteiger partial charge >= 0.3 is 5.97 Å². The average molecular weight is 404 g/mol. The Morgan fingerprint density at radius 2 is 1.96 bits per heavy atom. The number of amides is 2. The molecule has 1 aromatic heterocycles. The Kier molecular flexibility index (Phi) is 8.33. The minimum absolute atomic E-state index is 0.103. The van der Waals surface area contributed by atoms with Crippen LogP contribution in [0.15, 0.2) is 0 Å². The third-order valence-corrected chi connectivity index (χ3v) is 5.95. The van der Waals surface area contributed by atoms with E-state index in [0.717, 1.165) is 11.3 Å². The van der Waals surface area contributed by atoms with Gasteiger partial charge in [-0.25, -0.2) is 4.79 Å². The molecule has 1 rings (SSSR count). The summed E-state index contributed by atoms with van der Waals surface area (Å²) in [5.41, 5.74) is 0.688. The van der Waals surface area contributed by atoms with Crippen molar-refractivity contribution in [2.45, 2.75) is 13.8 Å². The van der Waals surface area contributed by atoms with E-state index in [4.69, 9.17) is 17.0 Å². The van der Waals surface area contributed by atoms with Gasteiger partial charge in [-0.05, 0) is 19.4 Å². The lowest BCUT2D eigenvalue weighted by Crippen LogP contribution is -2.21. The van der Waals surface area contributed by atoms with Crippen LogP contribution < -0.4 is 10.6 Å². The quantitative estimate of drug-likeness (QED) is 0.556. The zero-order chi connectivity index (χ0) is 19.1. The summed E-state index contributed by atoms with van der Waals surface area (Å²) in [6.45, 7) is 3.54. The second-order valence-electron chi connectivity index (χ2n) is 5.06. The van der Waals surface area contributed by atoms with Gasteiger partial charge in [-0.2, -0.15) is 0 Å². The highest BCUT2D eigenvalue weighted by atomic mass is 32.2. The van der Waals surface area contributed by atoms with E-state index >= 15 is 0 Å². The van der Waals surface area contributed by atoms with Gasteiger partial charge in [-0.3, -0.25) is 9.59 Å². The Hall–Kier alpha value is -1.65. The number of carbonyl (C=O) groups is 3. The largest absolute Gasteiger partial charge is 0.462 e. The third kappa shape index (κ3) is 5.68. The number of nitrogens with one attached hydrogen (secondary N) is 2. The van der Waals surface area contributed by atoms with Crippen molar-refractivity contribution >= 4 is 62.4 Å². The lowest BCUT2D eigenvalue weighted by molar-refractivity contribution is -0.113. The predicted molar refractivity (Wildman–Crippen MR) is 106 cm³/mol. The standard InChI is InChI=1S/C15H21N3O4S3/c1-6-22-14(21)10-8(2)11(12(20)16-3)25-13(10)17-9(19)7-24-15(23)18(4)5/h6-7H2,1-5H3,(H,16,20)(H,17,19). The molecule has 0 atom stereocenters. The van der Waals surface area contributed by atoms with E-state index in [2.05, 4.69) is 10.6 Å². The van der Waals surface area contributed by atoms with Crippen LogP contribution in [0.5, 0.6) is 0 Å². The third-order valence-electron chi connectivity index (χ3n) is 3.00. The molecule has 1 aromatic rings. The lowest BCUT2D eigenvalue weighted by Gasteiger charge is -2.12. The Balaban J connectivity index is 3.04. The highest BCUT2D eigenvalue weighted by Crippen LogP contribution is 2.33. The molecule has 0 spiro atoms. The topological polar surface area (TPSA) is 87.7 Å². The second kappa shape index (κ2) is 9.73. The summed E-state index contributed by atoms with van der Waals surface area (Å²) < 4.78 is 5.62. The summed E-state index contributed by atoms with van der Waals surface area (Å²) in [5, 5.41) is 5.51. The average Bonchev–Trinajstić information content (AvgIpc) is 2.88. The smallest absolute Gasteiger partial charge is 0.341 e. The molecule has 0 unspecified atom stereocenters. The molecule has 25 heavy (non-hydrogen) atoms. The van der Waals surface area contributed by atoms with Crippen LogP contribution >= 0.6 is 35.3 Å². The molecule has 7 nitrogen and oxygen atoms in total. The molecule has 0 aliphatic heterocycles. The minimum Gasteiger partial charge on any atom is -0.462 e. The number of esters is 1. The fraction of sp³-hybridized carbons (Fsp3) is 0.467. The molecule has 0 radical (unpaired) electrons. The van der Waals surface area contributed by atoms with Gasteiger partial charge in [0.05, 0.1) is 22.8 Å². The number of anilines is 1. The predicted octanol–water partition coefficient (Wildman–Crippen LogP) is 2.11. The van der Waals surface area contributed by atoms with Gasteiger partial charge in [-0.15, -0.1) is 11.3 Å². The molecule has 0 saturated heterocycles. The van der Waals surface area contributed by atoms with Crippen LogP contribution in [-0.2, 0) is 9.53 Å². The molecule has 2 N–H and O–H groups in total. The van der Waals surface area contributed by atoms with Crippen molar-refractivity contribution in [1.82, 2.24) is 10.2 Å². The fourth-order valence-corrected chi connectivity index (χ4v) is 3.72. The normalized spacial score (nSPS) is 10.1. The van der Waals surface area contributed by atoms with Gasteiger partial charge in [0.2, 0.25) is 5.91 Å². The number of rotatable bonds is 6. The number of hydrogen-bond acceptors (Lipinski definition) is 7. The van der Waals surface area contributed by atoms with Crippen molar-refractivity contribution in [3.05, 3.63) is 16.0 Å². The Morgan fingerprint density at radius 3 is 2.48 bits per heavy atom. The summed E-state index contributed by atoms with van der Waals surface area (Å²) in [5.74, 6) is -1.11. The van der Waals surface area contributed by atoms with Crippen molar-refractivity contribution < 1.29 is 19.1 Å². The maximum absolute atomic E-state index is 12.2. The number of hydrogen-bond donors (Lipinski definition) is 2. The van der Waals surface area contributed by atoms with Gasteiger partial charge in [0.25, 0.3) is 5.91 Å². The first-order valence-electron chi connectivity index (χ1n) is 7.39. The SMILES string of the molecule is CCOC(=O)c1c(NC(=O)CSC(=S)N(C)C)sc(C(=O)NC)c1C. The summed E-state index contributed by atoms with van der Waals surface area (Å²) in [6, 6.07) is 0. The van der Waals surface area contributed by atoms with Crippen LogP contribution in [0, 0.1) is 6.92 Å². The first-order chi connectivity index (χ1) is 11.7. The van der Waals surface area contributed by atoms with Crippen LogP contribution in [0.3, 0.4) is 0 Å². The number of thioether (sulfide) groups is 1. The van der Waals surface area contributed by atoms with Crippen LogP contribution in [0.2, 0.25) is 0 Å². The van der Waals surface area contributed by atoms with E-state index < -0.39 is 5.97 Å². The summed E-state index contributed by atoms with van der Waals surface area (Å²) in [4.78, 5) is 38.4. The molecule has 0 aromatic carbocycles. The van der Waals surface area contributed by atoms with Gasteiger partial charge < -0.3 is 20.3 Å². The van der Waals surface area contributed by atoms with Gasteiger partial charge in [0, 0.05) is 21.1 Å². The van der Waals surface area contributed by atoms with Crippen molar-refractivity contribution in [3.63, 3.8) is 0 Å². The van der Waals surface area contributed by atoms with E-state index in [0.29, 0.717) is 19.8 Å². The molecular formula is C15H21N3O4S3. The maximum Gasteiger partial charge on any atom is 0.341 e. The molecule has 1 heterocycles. The lowest BCUT2D eigenvalue weighted by atomic mass is 10.1. The molecule has 10 heteroatoms. The Labute approximate surface area is 160 Å². The number of nitrogens with zero attached hydrogens (tertiary/aromatic N) is 1. The number of thiocarbonyl (C=S) groups is 1. The van der Waals surface area contributed by atoms with E-state index in [9.17, 15) is 14.4 Å². The van der Waals surface area contributed by atoms with Crippen LogP contribution in [0.25, 0.3) is 0 Å². The Morgan fingerprint density at radius 1 is 1.32 bits per heavy atom. The van der Waals surface area contributed by atoms with E-state index in [1.807, 2.05) is 0 Å². The molecule has 0 aliphatic carbocycles. The highest BCUT2D eigenvalue weighted by Gasteiger charge is 2.26. The number of thiophene rings is 1. The summed E-state index contributed by atoms with van der Waals surface area (Å²) >= 11 is 7.38. The van der Waals surface area contributed by atoms with Gasteiger partial charge in [-0.1, -0.05) is 24.0 Å². The van der Waals surface area contributed by atoms with Gasteiger partial charge in [0.15, 0.2) is 0 Å². The molecular weight excluding hydrogens is 382 g/mol. The van der Waals surface area contributed by atoms with E-state index in [-0.39, 0.29) is 29.7 Å². The van der Waals surface area contributed by atoms with Crippen molar-refractivity contribution in [2.24, 2.45) is 0 Å². The van der Waals surface area contributed by atoms with Gasteiger partial charge in [0.1, 0.15) is 9.32 Å². The van der Waals surface area contributed by atoms with Crippen LogP contribution in [-0.4, -0.2) is 60.5 Å². The number of ether oxygens (including phenoxy) is 1. The molecule has 0 fully saturated rings. The van der Waals surface area contributed by atoms with Crippen molar-refractivity contribution in [1.29, 1.82) is 0 Å². The molecule has 138 valence electrons. The van der Waals surface area contributed by atoms with Crippen molar-refractivity contribution in [2.75, 3.05) is 38.8 Å². The minimum atomic E-state index is -0.571. The highest BCUT2D eigenvalue weighted by molar-refractivity contribution is 8.23. The molecule has 0 aliphatic rings. The van der Waals surface area contributed by atoms with Crippen LogP contribution in [0.1, 0.15) is 32.5 Å². The number of carbonyl (C=O) groups excluding carboxylic acids is 3. The fourth-order valence-electron chi connectivity index (χ4n) is 1.80. The maximum atomic E-state index is 12.2. The zero-order valence-electron chi connectivity index (χ0n) is 14.7. The van der Waals surface area contributed by atoms with Crippen molar-refractivity contribution in [3.8, 4) is 0 Å². The van der Waals surface area contributed by atoms with Crippen LogP contribution in [0.4, 0.5) is 5.00 Å². The first kappa shape index (κ1) is 21.4. The van der Waals surface area contributed by atoms with E-state index in [1.165, 1.54) is 18.8 Å². The Bertz CT molecular complexity index is 686.